The molecule has 5 nitrogen and oxygen atoms in total. The van der Waals surface area contributed by atoms with Gasteiger partial charge < -0.3 is 15.7 Å². The van der Waals surface area contributed by atoms with Crippen molar-refractivity contribution in [3.8, 4) is 0 Å². The van der Waals surface area contributed by atoms with Crippen LogP contribution in [0.15, 0.2) is 6.20 Å². The lowest BCUT2D eigenvalue weighted by molar-refractivity contribution is 0.0481. The fraction of sp³-hybridized carbons (Fsp3) is 0.692. The lowest BCUT2D eigenvalue weighted by Gasteiger charge is -2.25. The lowest BCUT2D eigenvalue weighted by Crippen LogP contribution is -2.29. The van der Waals surface area contributed by atoms with Crippen molar-refractivity contribution in [2.24, 2.45) is 0 Å². The van der Waals surface area contributed by atoms with Gasteiger partial charge in [0.15, 0.2) is 0 Å². The van der Waals surface area contributed by atoms with Crippen LogP contribution in [0.4, 0.5) is 11.8 Å². The fourth-order valence-corrected chi connectivity index (χ4v) is 2.41. The Balaban J connectivity index is 2.23. The second-order valence-corrected chi connectivity index (χ2v) is 5.27. The van der Waals surface area contributed by atoms with Crippen LogP contribution in [0.25, 0.3) is 0 Å². The van der Waals surface area contributed by atoms with Gasteiger partial charge in [0, 0.05) is 24.8 Å². The second-order valence-electron chi connectivity index (χ2n) is 5.27. The molecule has 1 unspecified atom stereocenters. The van der Waals surface area contributed by atoms with E-state index < -0.39 is 5.60 Å². The summed E-state index contributed by atoms with van der Waals surface area (Å²) < 4.78 is 0. The van der Waals surface area contributed by atoms with Crippen LogP contribution in [0, 0.1) is 0 Å². The van der Waals surface area contributed by atoms with Crippen LogP contribution in [0.5, 0.6) is 0 Å². The number of nitrogens with two attached hydrogens (primary N) is 1. The van der Waals surface area contributed by atoms with E-state index in [1.165, 1.54) is 0 Å². The first kappa shape index (κ1) is 13.1. The highest BCUT2D eigenvalue weighted by molar-refractivity contribution is 5.48. The van der Waals surface area contributed by atoms with Crippen LogP contribution in [-0.4, -0.2) is 33.8 Å². The molecule has 1 fully saturated rings. The van der Waals surface area contributed by atoms with Crippen molar-refractivity contribution in [3.05, 3.63) is 11.8 Å². The smallest absolute Gasteiger partial charge is 0.221 e. The van der Waals surface area contributed by atoms with Crippen LogP contribution in [0.3, 0.4) is 0 Å². The fourth-order valence-electron chi connectivity index (χ4n) is 2.41. The number of anilines is 2. The van der Waals surface area contributed by atoms with Gasteiger partial charge in [-0.15, -0.1) is 0 Å². The minimum Gasteiger partial charge on any atom is -0.390 e. The van der Waals surface area contributed by atoms with Crippen molar-refractivity contribution in [1.82, 2.24) is 9.97 Å². The number of aryl methyl sites for hydroxylation is 1. The average molecular weight is 250 g/mol. The molecule has 2 rings (SSSR count). The summed E-state index contributed by atoms with van der Waals surface area (Å²) in [6, 6.07) is 0. The van der Waals surface area contributed by atoms with Crippen LogP contribution < -0.4 is 10.6 Å². The number of aromatic nitrogens is 2. The van der Waals surface area contributed by atoms with Gasteiger partial charge in [0.1, 0.15) is 5.82 Å². The van der Waals surface area contributed by atoms with Gasteiger partial charge in [0.25, 0.3) is 0 Å². The molecule has 1 aliphatic rings. The van der Waals surface area contributed by atoms with Gasteiger partial charge in [-0.3, -0.25) is 0 Å². The lowest BCUT2D eigenvalue weighted by atomic mass is 9.98. The predicted octanol–water partition coefficient (Wildman–Crippen LogP) is 1.36. The van der Waals surface area contributed by atoms with E-state index in [-0.39, 0.29) is 0 Å². The van der Waals surface area contributed by atoms with E-state index in [1.807, 2.05) is 6.92 Å². The van der Waals surface area contributed by atoms with E-state index in [0.29, 0.717) is 5.95 Å². The third-order valence-electron chi connectivity index (χ3n) is 3.60. The molecule has 1 atom stereocenters. The SMILES string of the molecule is CCc1cnc(N)nc1N1CCCC(C)(O)CC1. The van der Waals surface area contributed by atoms with Crippen molar-refractivity contribution >= 4 is 11.8 Å². The van der Waals surface area contributed by atoms with Crippen LogP contribution in [0.1, 0.15) is 38.7 Å². The maximum Gasteiger partial charge on any atom is 0.221 e. The first-order valence-corrected chi connectivity index (χ1v) is 6.60. The molecule has 100 valence electrons. The highest BCUT2D eigenvalue weighted by atomic mass is 16.3. The molecule has 1 aliphatic heterocycles. The van der Waals surface area contributed by atoms with Crippen molar-refractivity contribution in [2.75, 3.05) is 23.7 Å². The number of hydrogen-bond donors (Lipinski definition) is 2. The molecule has 3 N–H and O–H groups in total. The summed E-state index contributed by atoms with van der Waals surface area (Å²) in [5.74, 6) is 1.25. The van der Waals surface area contributed by atoms with E-state index in [4.69, 9.17) is 5.73 Å². The topological polar surface area (TPSA) is 75.3 Å². The minimum atomic E-state index is -0.556. The third kappa shape index (κ3) is 2.90. The minimum absolute atomic E-state index is 0.318. The first-order chi connectivity index (χ1) is 8.52. The maximum absolute atomic E-state index is 10.1. The van der Waals surface area contributed by atoms with Crippen LogP contribution >= 0.6 is 0 Å². The Morgan fingerprint density at radius 3 is 2.94 bits per heavy atom. The van der Waals surface area contributed by atoms with Gasteiger partial charge in [-0.25, -0.2) is 4.98 Å². The largest absolute Gasteiger partial charge is 0.390 e. The molecule has 1 saturated heterocycles. The molecule has 0 aliphatic carbocycles. The van der Waals surface area contributed by atoms with Gasteiger partial charge in [0.2, 0.25) is 5.95 Å². The molecular formula is C13H22N4O. The second kappa shape index (κ2) is 5.10. The highest BCUT2D eigenvalue weighted by Gasteiger charge is 2.26. The zero-order chi connectivity index (χ0) is 13.2. The summed E-state index contributed by atoms with van der Waals surface area (Å²) in [4.78, 5) is 10.6. The average Bonchev–Trinajstić information content (AvgIpc) is 2.50. The Bertz CT molecular complexity index is 419. The summed E-state index contributed by atoms with van der Waals surface area (Å²) in [7, 11) is 0. The molecular weight excluding hydrogens is 228 g/mol. The number of aliphatic hydroxyl groups is 1. The van der Waals surface area contributed by atoms with Crippen LogP contribution in [-0.2, 0) is 6.42 Å². The summed E-state index contributed by atoms with van der Waals surface area (Å²) in [6.45, 7) is 5.73. The Kier molecular flexibility index (Phi) is 3.71. The summed E-state index contributed by atoms with van der Waals surface area (Å²) >= 11 is 0. The normalized spacial score (nSPS) is 24.9. The molecule has 0 saturated carbocycles. The Hall–Kier alpha value is -1.36. The zero-order valence-electron chi connectivity index (χ0n) is 11.2. The monoisotopic (exact) mass is 250 g/mol. The van der Waals surface area contributed by atoms with E-state index in [0.717, 1.165) is 50.2 Å². The summed E-state index contributed by atoms with van der Waals surface area (Å²) in [6.07, 6.45) is 5.27. The summed E-state index contributed by atoms with van der Waals surface area (Å²) in [5, 5.41) is 10.1. The molecule has 0 bridgehead atoms. The Labute approximate surface area is 108 Å². The molecule has 0 aromatic carbocycles. The molecule has 18 heavy (non-hydrogen) atoms. The molecule has 1 aromatic rings. The van der Waals surface area contributed by atoms with E-state index >= 15 is 0 Å². The summed E-state index contributed by atoms with van der Waals surface area (Å²) in [5.41, 5.74) is 6.24. The Morgan fingerprint density at radius 2 is 2.22 bits per heavy atom. The number of nitrogens with zero attached hydrogens (tertiary/aromatic N) is 3. The highest BCUT2D eigenvalue weighted by Crippen LogP contribution is 2.26. The molecule has 2 heterocycles. The number of nitrogen functional groups attached to an aromatic ring is 1. The number of rotatable bonds is 2. The first-order valence-electron chi connectivity index (χ1n) is 6.60. The molecule has 0 radical (unpaired) electrons. The van der Waals surface area contributed by atoms with E-state index in [1.54, 1.807) is 6.20 Å². The van der Waals surface area contributed by atoms with E-state index in [9.17, 15) is 5.11 Å². The molecule has 5 heteroatoms. The van der Waals surface area contributed by atoms with Crippen molar-refractivity contribution in [1.29, 1.82) is 0 Å². The standard InChI is InChI=1S/C13H22N4O/c1-3-10-9-15-12(14)16-11(10)17-7-4-5-13(2,18)6-8-17/h9,18H,3-8H2,1-2H3,(H2,14,15,16). The van der Waals surface area contributed by atoms with Gasteiger partial charge in [-0.05, 0) is 32.6 Å². The Morgan fingerprint density at radius 1 is 1.44 bits per heavy atom. The quantitative estimate of drug-likeness (QED) is 0.829. The van der Waals surface area contributed by atoms with Crippen molar-refractivity contribution in [3.63, 3.8) is 0 Å². The van der Waals surface area contributed by atoms with Gasteiger partial charge in [-0.1, -0.05) is 6.92 Å². The molecule has 1 aromatic heterocycles. The maximum atomic E-state index is 10.1. The number of hydrogen-bond acceptors (Lipinski definition) is 5. The zero-order valence-corrected chi connectivity index (χ0v) is 11.2. The van der Waals surface area contributed by atoms with Crippen molar-refractivity contribution in [2.45, 2.75) is 45.1 Å². The van der Waals surface area contributed by atoms with Crippen molar-refractivity contribution < 1.29 is 5.11 Å². The van der Waals surface area contributed by atoms with Gasteiger partial charge in [0.05, 0.1) is 5.60 Å². The third-order valence-corrected chi connectivity index (χ3v) is 3.60. The molecule has 0 amide bonds. The van der Waals surface area contributed by atoms with E-state index in [2.05, 4.69) is 21.8 Å². The van der Waals surface area contributed by atoms with Gasteiger partial charge in [-0.2, -0.15) is 4.98 Å². The molecule has 0 spiro atoms. The van der Waals surface area contributed by atoms with Crippen LogP contribution in [0.2, 0.25) is 0 Å². The predicted molar refractivity (Wildman–Crippen MR) is 72.5 cm³/mol. The van der Waals surface area contributed by atoms with Gasteiger partial charge >= 0.3 is 0 Å².